The summed E-state index contributed by atoms with van der Waals surface area (Å²) in [6.07, 6.45) is 1.42. The Labute approximate surface area is 155 Å². The molecule has 1 aromatic heterocycles. The minimum Gasteiger partial charge on any atom is -0.449 e. The summed E-state index contributed by atoms with van der Waals surface area (Å²) in [7, 11) is 0. The van der Waals surface area contributed by atoms with Gasteiger partial charge in [-0.1, -0.05) is 15.9 Å². The minimum absolute atomic E-state index is 0.355. The number of anilines is 1. The maximum Gasteiger partial charge on any atom is 0.340 e. The molecule has 5 nitrogen and oxygen atoms in total. The Bertz CT molecular complexity index is 807. The van der Waals surface area contributed by atoms with Gasteiger partial charge in [-0.2, -0.15) is 0 Å². The smallest absolute Gasteiger partial charge is 0.340 e. The van der Waals surface area contributed by atoms with E-state index in [9.17, 15) is 9.59 Å². The summed E-state index contributed by atoms with van der Waals surface area (Å²) in [6, 6.07) is 9.56. The first-order chi connectivity index (χ1) is 11.9. The van der Waals surface area contributed by atoms with Crippen molar-refractivity contribution in [3.63, 3.8) is 0 Å². The average Bonchev–Trinajstić information content (AvgIpc) is 3.34. The molecule has 1 atom stereocenters. The van der Waals surface area contributed by atoms with Gasteiger partial charge in [0.25, 0.3) is 5.91 Å². The molecule has 1 aliphatic rings. The summed E-state index contributed by atoms with van der Waals surface area (Å²) >= 11 is 3.34. The van der Waals surface area contributed by atoms with Crippen molar-refractivity contribution in [1.29, 1.82) is 0 Å². The number of aromatic nitrogens is 1. The first-order valence-electron chi connectivity index (χ1n) is 8.32. The van der Waals surface area contributed by atoms with E-state index in [2.05, 4.69) is 25.8 Å². The Kier molecular flexibility index (Phi) is 4.99. The van der Waals surface area contributed by atoms with Crippen molar-refractivity contribution in [3.8, 4) is 0 Å². The molecule has 0 saturated heterocycles. The molecule has 2 aromatic rings. The molecule has 25 heavy (non-hydrogen) atoms. The number of aryl methyl sites for hydroxylation is 1. The number of nitrogens with zero attached hydrogens (tertiary/aromatic N) is 1. The molecule has 1 saturated carbocycles. The van der Waals surface area contributed by atoms with Crippen LogP contribution in [0.4, 0.5) is 5.69 Å². The normalized spacial score (nSPS) is 14.9. The Morgan fingerprint density at radius 2 is 1.88 bits per heavy atom. The van der Waals surface area contributed by atoms with Crippen LogP contribution >= 0.6 is 15.9 Å². The summed E-state index contributed by atoms with van der Waals surface area (Å²) in [5, 5.41) is 2.74. The summed E-state index contributed by atoms with van der Waals surface area (Å²) in [4.78, 5) is 24.7. The molecule has 1 heterocycles. The van der Waals surface area contributed by atoms with E-state index in [0.29, 0.717) is 17.3 Å². The molecule has 3 rings (SSSR count). The van der Waals surface area contributed by atoms with Crippen LogP contribution in [0.15, 0.2) is 34.8 Å². The molecule has 1 aliphatic carbocycles. The lowest BCUT2D eigenvalue weighted by atomic mass is 10.2. The Morgan fingerprint density at radius 3 is 2.48 bits per heavy atom. The molecule has 0 bridgehead atoms. The second-order valence-electron chi connectivity index (χ2n) is 6.43. The highest BCUT2D eigenvalue weighted by atomic mass is 79.9. The van der Waals surface area contributed by atoms with Crippen LogP contribution in [0.3, 0.4) is 0 Å². The van der Waals surface area contributed by atoms with Gasteiger partial charge in [-0.25, -0.2) is 4.79 Å². The summed E-state index contributed by atoms with van der Waals surface area (Å²) < 4.78 is 8.48. The lowest BCUT2D eigenvalue weighted by molar-refractivity contribution is -0.123. The fourth-order valence-corrected chi connectivity index (χ4v) is 3.20. The predicted octanol–water partition coefficient (Wildman–Crippen LogP) is 4.39. The number of esters is 1. The third-order valence-corrected chi connectivity index (χ3v) is 4.91. The van der Waals surface area contributed by atoms with Crippen LogP contribution < -0.4 is 5.32 Å². The van der Waals surface area contributed by atoms with E-state index < -0.39 is 12.1 Å². The monoisotopic (exact) mass is 404 g/mol. The zero-order valence-corrected chi connectivity index (χ0v) is 16.1. The molecule has 0 aliphatic heterocycles. The zero-order valence-electron chi connectivity index (χ0n) is 14.5. The first-order valence-corrected chi connectivity index (χ1v) is 9.12. The fourth-order valence-electron chi connectivity index (χ4n) is 2.93. The number of nitrogens with one attached hydrogen (secondary N) is 1. The van der Waals surface area contributed by atoms with Crippen molar-refractivity contribution < 1.29 is 14.3 Å². The van der Waals surface area contributed by atoms with Crippen LogP contribution in [-0.4, -0.2) is 22.5 Å². The summed E-state index contributed by atoms with van der Waals surface area (Å²) in [6.45, 7) is 5.49. The predicted molar refractivity (Wildman–Crippen MR) is 99.8 cm³/mol. The minimum atomic E-state index is -0.875. The Balaban J connectivity index is 1.65. The number of hydrogen-bond donors (Lipinski definition) is 1. The standard InChI is InChI=1S/C19H21BrN2O3/c1-11-10-17(12(2)22(11)16-8-9-16)19(24)25-13(3)18(23)21-15-6-4-14(20)5-7-15/h4-7,10,13,16H,8-9H2,1-3H3,(H,21,23)/t13-/m1/s1. The number of halogens is 1. The molecule has 1 amide bonds. The molecule has 1 aromatic carbocycles. The van der Waals surface area contributed by atoms with Gasteiger partial charge in [0.1, 0.15) is 0 Å². The van der Waals surface area contributed by atoms with Crippen molar-refractivity contribution in [1.82, 2.24) is 4.57 Å². The number of carbonyl (C=O) groups is 2. The van der Waals surface area contributed by atoms with Gasteiger partial charge in [0, 0.05) is 27.6 Å². The number of amides is 1. The van der Waals surface area contributed by atoms with Crippen molar-refractivity contribution in [2.45, 2.75) is 45.8 Å². The SMILES string of the molecule is Cc1cc(C(=O)O[C@H](C)C(=O)Nc2ccc(Br)cc2)c(C)n1C1CC1. The van der Waals surface area contributed by atoms with Crippen LogP contribution in [0.25, 0.3) is 0 Å². The van der Waals surface area contributed by atoms with E-state index in [1.165, 1.54) is 0 Å². The van der Waals surface area contributed by atoms with E-state index in [-0.39, 0.29) is 5.91 Å². The van der Waals surface area contributed by atoms with Gasteiger partial charge in [0.2, 0.25) is 0 Å². The van der Waals surface area contributed by atoms with Gasteiger partial charge >= 0.3 is 5.97 Å². The van der Waals surface area contributed by atoms with Gasteiger partial charge in [-0.05, 0) is 63.9 Å². The lowest BCUT2D eigenvalue weighted by Crippen LogP contribution is -2.30. The summed E-state index contributed by atoms with van der Waals surface area (Å²) in [5.74, 6) is -0.815. The van der Waals surface area contributed by atoms with Gasteiger partial charge in [-0.3, -0.25) is 4.79 Å². The van der Waals surface area contributed by atoms with Crippen LogP contribution in [0.5, 0.6) is 0 Å². The molecule has 132 valence electrons. The Morgan fingerprint density at radius 1 is 1.24 bits per heavy atom. The second kappa shape index (κ2) is 7.04. The molecule has 1 N–H and O–H groups in total. The Hall–Kier alpha value is -2.08. The van der Waals surface area contributed by atoms with Crippen molar-refractivity contribution in [3.05, 3.63) is 51.8 Å². The number of hydrogen-bond acceptors (Lipinski definition) is 3. The van der Waals surface area contributed by atoms with Gasteiger partial charge in [0.15, 0.2) is 6.10 Å². The van der Waals surface area contributed by atoms with Crippen LogP contribution in [0, 0.1) is 13.8 Å². The first kappa shape index (κ1) is 17.7. The zero-order chi connectivity index (χ0) is 18.1. The maximum atomic E-state index is 12.5. The molecule has 0 unspecified atom stereocenters. The van der Waals surface area contributed by atoms with E-state index in [4.69, 9.17) is 4.74 Å². The van der Waals surface area contributed by atoms with Crippen molar-refractivity contribution >= 4 is 33.5 Å². The topological polar surface area (TPSA) is 60.3 Å². The molecule has 6 heteroatoms. The van der Waals surface area contributed by atoms with Crippen molar-refractivity contribution in [2.75, 3.05) is 5.32 Å². The lowest BCUT2D eigenvalue weighted by Gasteiger charge is -2.14. The molecule has 1 fully saturated rings. The number of rotatable bonds is 5. The van der Waals surface area contributed by atoms with Crippen molar-refractivity contribution in [2.24, 2.45) is 0 Å². The average molecular weight is 405 g/mol. The largest absolute Gasteiger partial charge is 0.449 e. The van der Waals surface area contributed by atoms with E-state index in [1.54, 1.807) is 19.1 Å². The molecular formula is C19H21BrN2O3. The summed E-state index contributed by atoms with van der Waals surface area (Å²) in [5.41, 5.74) is 3.15. The molecule has 0 radical (unpaired) electrons. The van der Waals surface area contributed by atoms with E-state index in [0.717, 1.165) is 28.7 Å². The van der Waals surface area contributed by atoms with Gasteiger partial charge in [0.05, 0.1) is 5.56 Å². The highest BCUT2D eigenvalue weighted by Gasteiger charge is 2.29. The number of benzene rings is 1. The third kappa shape index (κ3) is 3.95. The van der Waals surface area contributed by atoms with E-state index >= 15 is 0 Å². The highest BCUT2D eigenvalue weighted by molar-refractivity contribution is 9.10. The van der Waals surface area contributed by atoms with Crippen LogP contribution in [0.2, 0.25) is 0 Å². The van der Waals surface area contributed by atoms with Crippen LogP contribution in [-0.2, 0) is 9.53 Å². The molecule has 0 spiro atoms. The number of ether oxygens (including phenoxy) is 1. The quantitative estimate of drug-likeness (QED) is 0.751. The van der Waals surface area contributed by atoms with Gasteiger partial charge in [-0.15, -0.1) is 0 Å². The van der Waals surface area contributed by atoms with E-state index in [1.807, 2.05) is 32.0 Å². The second-order valence-corrected chi connectivity index (χ2v) is 7.35. The highest BCUT2D eigenvalue weighted by Crippen LogP contribution is 2.38. The van der Waals surface area contributed by atoms with Gasteiger partial charge < -0.3 is 14.6 Å². The van der Waals surface area contributed by atoms with Crippen LogP contribution in [0.1, 0.15) is 47.6 Å². The third-order valence-electron chi connectivity index (χ3n) is 4.38. The molecular weight excluding hydrogens is 384 g/mol. The maximum absolute atomic E-state index is 12.5. The number of carbonyl (C=O) groups excluding carboxylic acids is 2. The fraction of sp³-hybridized carbons (Fsp3) is 0.368.